The number of hydrogen-bond acceptors (Lipinski definition) is 6. The maximum absolute atomic E-state index is 12.8. The summed E-state index contributed by atoms with van der Waals surface area (Å²) in [5.41, 5.74) is 6.55. The molecule has 2 aliphatic heterocycles. The minimum atomic E-state index is -0.606. The molecule has 8 nitrogen and oxygen atoms in total. The third kappa shape index (κ3) is 3.85. The van der Waals surface area contributed by atoms with E-state index in [2.05, 4.69) is 4.98 Å². The number of nitrogens with two attached hydrogens (primary N) is 1. The molecule has 2 aromatic rings. The number of carbonyl (C=O) groups excluding carboxylic acids is 4. The van der Waals surface area contributed by atoms with Crippen LogP contribution in [0.3, 0.4) is 0 Å². The molecule has 4 rings (SSSR count). The van der Waals surface area contributed by atoms with Gasteiger partial charge in [0.1, 0.15) is 6.04 Å². The van der Waals surface area contributed by atoms with Gasteiger partial charge < -0.3 is 15.5 Å². The molecule has 9 heteroatoms. The third-order valence-electron chi connectivity index (χ3n) is 5.58. The number of pyridine rings is 1. The van der Waals surface area contributed by atoms with Gasteiger partial charge in [0, 0.05) is 23.8 Å². The van der Waals surface area contributed by atoms with Crippen molar-refractivity contribution in [2.75, 3.05) is 13.1 Å². The number of primary amides is 1. The Balaban J connectivity index is 1.40. The zero-order valence-corrected chi connectivity index (χ0v) is 17.0. The van der Waals surface area contributed by atoms with Crippen LogP contribution < -0.4 is 5.73 Å². The highest BCUT2D eigenvalue weighted by Gasteiger charge is 2.50. The summed E-state index contributed by atoms with van der Waals surface area (Å²) in [6.45, 7) is 0.440. The number of fused-ring (bicyclic) bond motifs is 1. The van der Waals surface area contributed by atoms with Crippen LogP contribution in [0, 0.1) is 6.42 Å². The maximum atomic E-state index is 12.8. The van der Waals surface area contributed by atoms with E-state index in [1.165, 1.54) is 17.8 Å². The Hall–Kier alpha value is -3.07. The zero-order valence-electron chi connectivity index (χ0n) is 16.2. The molecule has 2 saturated heterocycles. The number of thiophene rings is 1. The summed E-state index contributed by atoms with van der Waals surface area (Å²) >= 11 is 1.36. The standard InChI is InChI=1S/C21H21N4O4S/c22-21(29)14-6-9-30-17(14)3-4-18(27)24-8-5-15-20(24)16(26)12-25(15)19(28)10-13-2-1-7-23-11-13/h1-2,4,6-7,9,11,15,20H,3,5,8,10,12H2,(H2,22,29). The van der Waals surface area contributed by atoms with E-state index >= 15 is 0 Å². The second-order valence-electron chi connectivity index (χ2n) is 7.39. The van der Waals surface area contributed by atoms with Crippen LogP contribution >= 0.6 is 11.3 Å². The Morgan fingerprint density at radius 1 is 1.27 bits per heavy atom. The van der Waals surface area contributed by atoms with E-state index in [4.69, 9.17) is 5.73 Å². The summed E-state index contributed by atoms with van der Waals surface area (Å²) in [7, 11) is 0. The molecule has 0 bridgehead atoms. The monoisotopic (exact) mass is 425 g/mol. The van der Waals surface area contributed by atoms with Gasteiger partial charge in [-0.05, 0) is 35.9 Å². The molecule has 0 spiro atoms. The Labute approximate surface area is 177 Å². The van der Waals surface area contributed by atoms with Gasteiger partial charge >= 0.3 is 0 Å². The molecule has 0 aromatic carbocycles. The zero-order chi connectivity index (χ0) is 21.3. The Kier molecular flexibility index (Phi) is 5.63. The fourth-order valence-electron chi connectivity index (χ4n) is 4.18. The predicted molar refractivity (Wildman–Crippen MR) is 109 cm³/mol. The van der Waals surface area contributed by atoms with E-state index in [0.717, 1.165) is 10.4 Å². The van der Waals surface area contributed by atoms with Crippen LogP contribution in [0.4, 0.5) is 0 Å². The van der Waals surface area contributed by atoms with Crippen LogP contribution in [0.15, 0.2) is 36.0 Å². The lowest BCUT2D eigenvalue weighted by Crippen LogP contribution is -2.44. The van der Waals surface area contributed by atoms with Crippen molar-refractivity contribution in [3.05, 3.63) is 58.4 Å². The normalized spacial score (nSPS) is 20.5. The van der Waals surface area contributed by atoms with E-state index < -0.39 is 11.9 Å². The molecule has 2 unspecified atom stereocenters. The molecule has 0 aliphatic carbocycles. The van der Waals surface area contributed by atoms with Gasteiger partial charge in [-0.3, -0.25) is 24.2 Å². The molecule has 2 aromatic heterocycles. The van der Waals surface area contributed by atoms with Crippen LogP contribution in [-0.4, -0.2) is 63.5 Å². The van der Waals surface area contributed by atoms with E-state index in [1.54, 1.807) is 39.7 Å². The molecule has 2 atom stereocenters. The van der Waals surface area contributed by atoms with Crippen molar-refractivity contribution < 1.29 is 19.2 Å². The van der Waals surface area contributed by atoms with Gasteiger partial charge in [-0.15, -0.1) is 11.3 Å². The van der Waals surface area contributed by atoms with Crippen LogP contribution in [0.5, 0.6) is 0 Å². The van der Waals surface area contributed by atoms with Crippen LogP contribution in [0.2, 0.25) is 0 Å². The van der Waals surface area contributed by atoms with Crippen molar-refractivity contribution in [3.63, 3.8) is 0 Å². The molecule has 1 radical (unpaired) electrons. The number of hydrogen-bond donors (Lipinski definition) is 1. The first-order chi connectivity index (χ1) is 14.5. The summed E-state index contributed by atoms with van der Waals surface area (Å²) < 4.78 is 0. The van der Waals surface area contributed by atoms with Gasteiger partial charge in [0.15, 0.2) is 5.78 Å². The van der Waals surface area contributed by atoms with E-state index in [9.17, 15) is 19.2 Å². The smallest absolute Gasteiger partial charge is 0.249 e. The van der Waals surface area contributed by atoms with Crippen LogP contribution in [-0.2, 0) is 27.2 Å². The molecule has 2 aliphatic rings. The molecule has 2 N–H and O–H groups in total. The lowest BCUT2D eigenvalue weighted by Gasteiger charge is -2.24. The average Bonchev–Trinajstić information content (AvgIpc) is 3.43. The van der Waals surface area contributed by atoms with Crippen molar-refractivity contribution in [1.29, 1.82) is 0 Å². The fourth-order valence-corrected chi connectivity index (χ4v) is 5.03. The number of carbonyl (C=O) groups is 4. The Bertz CT molecular complexity index is 990. The summed E-state index contributed by atoms with van der Waals surface area (Å²) in [6, 6.07) is 4.33. The second kappa shape index (κ2) is 8.35. The second-order valence-corrected chi connectivity index (χ2v) is 8.39. The summed E-state index contributed by atoms with van der Waals surface area (Å²) in [4.78, 5) is 57.5. The van der Waals surface area contributed by atoms with Gasteiger partial charge in [-0.1, -0.05) is 6.07 Å². The molecule has 155 valence electrons. The van der Waals surface area contributed by atoms with Crippen LogP contribution in [0.1, 0.15) is 27.2 Å². The summed E-state index contributed by atoms with van der Waals surface area (Å²) in [6.07, 6.45) is 5.79. The van der Waals surface area contributed by atoms with Crippen molar-refractivity contribution in [1.82, 2.24) is 14.8 Å². The van der Waals surface area contributed by atoms with Crippen molar-refractivity contribution in [3.8, 4) is 0 Å². The number of aromatic nitrogens is 1. The first kappa shape index (κ1) is 20.2. The maximum Gasteiger partial charge on any atom is 0.249 e. The number of likely N-dealkylation sites (tertiary alicyclic amines) is 2. The van der Waals surface area contributed by atoms with E-state index in [1.807, 2.05) is 6.07 Å². The van der Waals surface area contributed by atoms with Gasteiger partial charge in [0.05, 0.1) is 31.0 Å². The summed E-state index contributed by atoms with van der Waals surface area (Å²) in [5.74, 6) is -1.04. The largest absolute Gasteiger partial charge is 0.366 e. The minimum Gasteiger partial charge on any atom is -0.366 e. The minimum absolute atomic E-state index is 0.0228. The van der Waals surface area contributed by atoms with Crippen LogP contribution in [0.25, 0.3) is 0 Å². The molecule has 2 fully saturated rings. The van der Waals surface area contributed by atoms with Crippen molar-refractivity contribution in [2.45, 2.75) is 31.3 Å². The van der Waals surface area contributed by atoms with Crippen molar-refractivity contribution in [2.24, 2.45) is 5.73 Å². The number of nitrogens with zero attached hydrogens (tertiary/aromatic N) is 3. The van der Waals surface area contributed by atoms with E-state index in [-0.39, 0.29) is 43.0 Å². The lowest BCUT2D eigenvalue weighted by molar-refractivity contribution is -0.133. The molecule has 4 heterocycles. The Morgan fingerprint density at radius 3 is 2.83 bits per heavy atom. The number of rotatable bonds is 6. The average molecular weight is 425 g/mol. The predicted octanol–water partition coefficient (Wildman–Crippen LogP) is 0.612. The topological polar surface area (TPSA) is 114 Å². The quantitative estimate of drug-likeness (QED) is 0.729. The first-order valence-electron chi connectivity index (χ1n) is 9.66. The molecular weight excluding hydrogens is 404 g/mol. The van der Waals surface area contributed by atoms with Gasteiger partial charge in [0.2, 0.25) is 17.7 Å². The molecule has 30 heavy (non-hydrogen) atoms. The van der Waals surface area contributed by atoms with E-state index in [0.29, 0.717) is 18.5 Å². The SMILES string of the molecule is NC(=O)c1ccsc1C[CH]C(=O)N1CCC2C1C(=O)CN2C(=O)Cc1cccnc1. The Morgan fingerprint density at radius 2 is 2.10 bits per heavy atom. The van der Waals surface area contributed by atoms with Gasteiger partial charge in [-0.2, -0.15) is 0 Å². The number of amides is 3. The lowest BCUT2D eigenvalue weighted by atomic mass is 10.1. The molecule has 3 amide bonds. The fraction of sp³-hybridized carbons (Fsp3) is 0.333. The van der Waals surface area contributed by atoms with Gasteiger partial charge in [-0.25, -0.2) is 0 Å². The highest BCUT2D eigenvalue weighted by atomic mass is 32.1. The molecule has 0 saturated carbocycles. The number of Topliss-reactive ketones (excluding diaryl/α,β-unsaturated/α-hetero) is 1. The summed E-state index contributed by atoms with van der Waals surface area (Å²) in [5, 5.41) is 1.76. The highest BCUT2D eigenvalue weighted by Crippen LogP contribution is 2.31. The first-order valence-corrected chi connectivity index (χ1v) is 10.5. The van der Waals surface area contributed by atoms with Gasteiger partial charge in [0.25, 0.3) is 0 Å². The number of ketones is 1. The van der Waals surface area contributed by atoms with Crippen molar-refractivity contribution >= 4 is 34.8 Å². The molecular formula is C21H21N4O4S. The third-order valence-corrected chi connectivity index (χ3v) is 6.52. The highest BCUT2D eigenvalue weighted by molar-refractivity contribution is 7.10.